The maximum absolute atomic E-state index is 13.3. The third-order valence-electron chi connectivity index (χ3n) is 6.29. The molecule has 1 aromatic heterocycles. The Bertz CT molecular complexity index is 1440. The molecule has 21 heteroatoms. The molecule has 0 bridgehead atoms. The van der Waals surface area contributed by atoms with E-state index >= 15 is 0 Å². The number of morpholine rings is 1. The lowest BCUT2D eigenvalue weighted by molar-refractivity contribution is -0.204. The molecular weight excluding hydrogens is 587 g/mol. The molecule has 2 atom stereocenters. The van der Waals surface area contributed by atoms with Crippen LogP contribution in [-0.2, 0) is 34.3 Å². The fourth-order valence-corrected chi connectivity index (χ4v) is 7.09. The van der Waals surface area contributed by atoms with Gasteiger partial charge in [0.2, 0.25) is 25.9 Å². The van der Waals surface area contributed by atoms with E-state index < -0.39 is 61.2 Å². The van der Waals surface area contributed by atoms with E-state index in [2.05, 4.69) is 30.3 Å². The van der Waals surface area contributed by atoms with E-state index in [1.165, 1.54) is 6.07 Å². The number of hydrogen-bond donors (Lipinski definition) is 4. The predicted molar refractivity (Wildman–Crippen MR) is 130 cm³/mol. The van der Waals surface area contributed by atoms with Crippen molar-refractivity contribution in [1.29, 1.82) is 0 Å². The van der Waals surface area contributed by atoms with E-state index in [0.29, 0.717) is 32.8 Å². The highest BCUT2D eigenvalue weighted by molar-refractivity contribution is 7.92. The summed E-state index contributed by atoms with van der Waals surface area (Å²) in [6.45, 7) is 1.64. The van der Waals surface area contributed by atoms with Crippen molar-refractivity contribution in [2.24, 2.45) is 10.9 Å². The van der Waals surface area contributed by atoms with Gasteiger partial charge < -0.3 is 20.1 Å². The normalized spacial score (nSPS) is 19.7. The number of H-pyrrole nitrogens is 1. The van der Waals surface area contributed by atoms with Gasteiger partial charge in [-0.15, -0.1) is 10.2 Å². The van der Waals surface area contributed by atoms with Crippen molar-refractivity contribution in [2.45, 2.75) is 28.1 Å². The van der Waals surface area contributed by atoms with E-state index in [9.17, 15) is 34.8 Å². The van der Waals surface area contributed by atoms with Crippen molar-refractivity contribution in [3.05, 3.63) is 12.1 Å². The minimum atomic E-state index is -5.34. The summed E-state index contributed by atoms with van der Waals surface area (Å²) in [6, 6.07) is 2.32. The molecule has 0 radical (unpaired) electrons. The van der Waals surface area contributed by atoms with Gasteiger partial charge in [-0.1, -0.05) is 0 Å². The summed E-state index contributed by atoms with van der Waals surface area (Å²) >= 11 is 0. The fraction of sp³-hybridized carbons (Fsp3) is 0.579. The first-order chi connectivity index (χ1) is 18.7. The largest absolute Gasteiger partial charge is 0.490 e. The molecule has 3 heterocycles. The highest BCUT2D eigenvalue weighted by Crippen LogP contribution is 2.39. The molecule has 222 valence electrons. The number of esters is 1. The Morgan fingerprint density at radius 2 is 2.00 bits per heavy atom. The molecule has 6 N–H and O–H groups in total. The Balaban J connectivity index is 1.73. The summed E-state index contributed by atoms with van der Waals surface area (Å²) in [5.41, 5.74) is 5.34. The molecule has 4 rings (SSSR count). The predicted octanol–water partition coefficient (Wildman–Crippen LogP) is -2.25. The number of nitrogens with zero attached hydrogens (tertiary/aromatic N) is 5. The number of aromatic amines is 1. The van der Waals surface area contributed by atoms with E-state index in [-0.39, 0.29) is 23.1 Å². The van der Waals surface area contributed by atoms with Gasteiger partial charge in [0.05, 0.1) is 24.8 Å². The molecule has 2 aromatic rings. The van der Waals surface area contributed by atoms with Crippen LogP contribution in [0.3, 0.4) is 0 Å². The number of fused-ring (bicyclic) bond motifs is 1. The van der Waals surface area contributed by atoms with Crippen LogP contribution >= 0.6 is 0 Å². The average molecular weight is 614 g/mol. The van der Waals surface area contributed by atoms with Crippen molar-refractivity contribution in [3.8, 4) is 11.4 Å². The lowest BCUT2D eigenvalue weighted by Gasteiger charge is -2.45. The van der Waals surface area contributed by atoms with Gasteiger partial charge in [-0.3, -0.25) is 4.90 Å². The molecule has 2 aliphatic rings. The first-order valence-electron chi connectivity index (χ1n) is 11.7. The summed E-state index contributed by atoms with van der Waals surface area (Å²) in [6.07, 6.45) is -7.05. The van der Waals surface area contributed by atoms with Crippen LogP contribution in [0, 0.1) is 0 Å². The van der Waals surface area contributed by atoms with Crippen molar-refractivity contribution >= 4 is 31.7 Å². The third-order valence-corrected chi connectivity index (χ3v) is 8.88. The molecular formula is C19H26F3N9O7S2. The number of piperazine rings is 1. The first kappa shape index (κ1) is 30.0. The zero-order valence-corrected chi connectivity index (χ0v) is 22.3. The molecule has 40 heavy (non-hydrogen) atoms. The van der Waals surface area contributed by atoms with Crippen LogP contribution in [0.5, 0.6) is 0 Å². The Kier molecular flexibility index (Phi) is 8.63. The SMILES string of the molecule is NC[C@H](CNS(=O)(=O)c1ccc(N2CCN3CCOCC3C2)c(-c2nn[nH]n2)c1S(N)(=O)=O)OC(=O)C(F)(F)F. The van der Waals surface area contributed by atoms with Gasteiger partial charge in [-0.05, 0) is 17.3 Å². The number of ether oxygens (including phenoxy) is 2. The second-order valence-electron chi connectivity index (χ2n) is 8.89. The average Bonchev–Trinajstić information content (AvgIpc) is 3.43. The molecule has 0 aliphatic carbocycles. The number of primary sulfonamides is 1. The van der Waals surface area contributed by atoms with Gasteiger partial charge in [0, 0.05) is 45.0 Å². The quantitative estimate of drug-likeness (QED) is 0.219. The monoisotopic (exact) mass is 613 g/mol. The molecule has 1 aromatic carbocycles. The number of aromatic nitrogens is 4. The number of halogens is 3. The first-order valence-corrected chi connectivity index (χ1v) is 14.7. The molecule has 0 amide bonds. The van der Waals surface area contributed by atoms with Crippen LogP contribution in [-0.4, -0.2) is 119 Å². The maximum atomic E-state index is 13.3. The number of rotatable bonds is 9. The molecule has 2 saturated heterocycles. The number of benzene rings is 1. The lowest BCUT2D eigenvalue weighted by Crippen LogP contribution is -2.58. The lowest BCUT2D eigenvalue weighted by atomic mass is 10.1. The van der Waals surface area contributed by atoms with Gasteiger partial charge in [-0.2, -0.15) is 18.4 Å². The summed E-state index contributed by atoms with van der Waals surface area (Å²) < 4.78 is 102. The Hall–Kier alpha value is -2.95. The maximum Gasteiger partial charge on any atom is 0.490 e. The van der Waals surface area contributed by atoms with E-state index in [1.54, 1.807) is 0 Å². The Morgan fingerprint density at radius 1 is 1.25 bits per heavy atom. The van der Waals surface area contributed by atoms with Crippen molar-refractivity contribution in [1.82, 2.24) is 30.2 Å². The van der Waals surface area contributed by atoms with Crippen LogP contribution in [0.15, 0.2) is 21.9 Å². The number of sulfonamides is 2. The molecule has 0 spiro atoms. The zero-order chi connectivity index (χ0) is 29.3. The van der Waals surface area contributed by atoms with Gasteiger partial charge in [0.1, 0.15) is 15.9 Å². The van der Waals surface area contributed by atoms with Gasteiger partial charge in [0.15, 0.2) is 0 Å². The Morgan fingerprint density at radius 3 is 2.62 bits per heavy atom. The summed E-state index contributed by atoms with van der Waals surface area (Å²) in [5, 5.41) is 18.8. The van der Waals surface area contributed by atoms with Crippen molar-refractivity contribution in [3.63, 3.8) is 0 Å². The topological polar surface area (TPSA) is 229 Å². The van der Waals surface area contributed by atoms with Crippen molar-refractivity contribution in [2.75, 3.05) is 57.4 Å². The molecule has 2 fully saturated rings. The number of nitrogens with one attached hydrogen (secondary N) is 2. The highest BCUT2D eigenvalue weighted by atomic mass is 32.2. The molecule has 1 unspecified atom stereocenters. The smallest absolute Gasteiger partial charge is 0.453 e. The van der Waals surface area contributed by atoms with E-state index in [4.69, 9.17) is 15.6 Å². The highest BCUT2D eigenvalue weighted by Gasteiger charge is 2.42. The van der Waals surface area contributed by atoms with Gasteiger partial charge >= 0.3 is 12.1 Å². The van der Waals surface area contributed by atoms with Crippen LogP contribution in [0.25, 0.3) is 11.4 Å². The van der Waals surface area contributed by atoms with Gasteiger partial charge in [0.25, 0.3) is 0 Å². The fourth-order valence-electron chi connectivity index (χ4n) is 4.43. The number of hydrogen-bond acceptors (Lipinski definition) is 13. The second-order valence-corrected chi connectivity index (χ2v) is 12.1. The number of carbonyl (C=O) groups excluding carboxylic acids is 1. The molecule has 16 nitrogen and oxygen atoms in total. The zero-order valence-electron chi connectivity index (χ0n) is 20.7. The van der Waals surface area contributed by atoms with E-state index in [1.807, 2.05) is 9.62 Å². The standard InChI is InChI=1S/C19H26F3N9O7S2/c20-19(21,22)18(32)38-12(7-23)8-25-40(35,36)14-2-1-13(31-4-3-30-5-6-37-10-11(30)9-31)15(16(14)39(24,33)34)17-26-28-29-27-17/h1-2,11-12,25H,3-10,23H2,(H2,24,33,34)(H,26,27,28,29)/t11?,12-/m1/s1. The third kappa shape index (κ3) is 6.50. The summed E-state index contributed by atoms with van der Waals surface area (Å²) in [4.78, 5) is 13.5. The number of alkyl halides is 3. The number of tetrazole rings is 1. The minimum absolute atomic E-state index is 0.0174. The second kappa shape index (κ2) is 11.5. The minimum Gasteiger partial charge on any atom is -0.453 e. The van der Waals surface area contributed by atoms with Crippen molar-refractivity contribution < 1.29 is 44.3 Å². The van der Waals surface area contributed by atoms with Crippen LogP contribution in [0.1, 0.15) is 0 Å². The summed E-state index contributed by atoms with van der Waals surface area (Å²) in [7, 11) is -9.60. The van der Waals surface area contributed by atoms with Crippen LogP contribution in [0.4, 0.5) is 18.9 Å². The number of anilines is 1. The van der Waals surface area contributed by atoms with E-state index in [0.717, 1.165) is 12.6 Å². The number of carbonyl (C=O) groups is 1. The molecule has 2 aliphatic heterocycles. The van der Waals surface area contributed by atoms with Crippen LogP contribution in [0.2, 0.25) is 0 Å². The Labute approximate surface area is 226 Å². The van der Waals surface area contributed by atoms with Crippen LogP contribution < -0.4 is 20.5 Å². The van der Waals surface area contributed by atoms with Gasteiger partial charge in [-0.25, -0.2) is 31.5 Å². The summed E-state index contributed by atoms with van der Waals surface area (Å²) in [5.74, 6) is -2.84. The number of nitrogens with two attached hydrogens (primary N) is 2. The molecule has 0 saturated carbocycles.